The average Bonchev–Trinajstić information content (AvgIpc) is 2.44. The minimum Gasteiger partial charge on any atom is -0.480 e. The summed E-state index contributed by atoms with van der Waals surface area (Å²) in [4.78, 5) is 25.5. The summed E-state index contributed by atoms with van der Waals surface area (Å²) in [6.45, 7) is 6.21. The van der Waals surface area contributed by atoms with Crippen molar-refractivity contribution in [3.8, 4) is 6.07 Å². The molecule has 0 spiro atoms. The number of carboxylic acids is 1. The van der Waals surface area contributed by atoms with Gasteiger partial charge in [0.25, 0.3) is 0 Å². The number of nitrogens with zero attached hydrogens (tertiary/aromatic N) is 2. The molecule has 1 unspecified atom stereocenters. The zero-order valence-electron chi connectivity index (χ0n) is 12.8. The molecule has 0 aromatic rings. The number of carboxylic acid groups (broad SMARTS) is 1. The van der Waals surface area contributed by atoms with Crippen LogP contribution in [0.1, 0.15) is 39.5 Å². The van der Waals surface area contributed by atoms with Crippen LogP contribution in [0.2, 0.25) is 0 Å². The van der Waals surface area contributed by atoms with E-state index < -0.39 is 12.0 Å². The Morgan fingerprint density at radius 1 is 1.38 bits per heavy atom. The number of piperidine rings is 1. The molecule has 6 nitrogen and oxygen atoms in total. The van der Waals surface area contributed by atoms with Crippen molar-refractivity contribution < 1.29 is 14.7 Å². The summed E-state index contributed by atoms with van der Waals surface area (Å²) in [7, 11) is 0. The van der Waals surface area contributed by atoms with Gasteiger partial charge >= 0.3 is 5.97 Å². The number of nitrogens with one attached hydrogen (secondary N) is 1. The summed E-state index contributed by atoms with van der Waals surface area (Å²) in [5.41, 5.74) is 0. The van der Waals surface area contributed by atoms with Gasteiger partial charge in [0.15, 0.2) is 0 Å². The van der Waals surface area contributed by atoms with Crippen molar-refractivity contribution in [2.45, 2.75) is 45.6 Å². The molecule has 0 aromatic heterocycles. The van der Waals surface area contributed by atoms with E-state index in [2.05, 4.69) is 16.3 Å². The van der Waals surface area contributed by atoms with Gasteiger partial charge in [-0.25, -0.2) is 4.79 Å². The molecular formula is C15H25N3O3. The van der Waals surface area contributed by atoms with Crippen LogP contribution in [-0.2, 0) is 9.59 Å². The van der Waals surface area contributed by atoms with Gasteiger partial charge in [-0.1, -0.05) is 13.8 Å². The normalized spacial score (nSPS) is 18.2. The second-order valence-corrected chi connectivity index (χ2v) is 6.05. The lowest BCUT2D eigenvalue weighted by Crippen LogP contribution is -2.47. The molecule has 0 aromatic carbocycles. The summed E-state index contributed by atoms with van der Waals surface area (Å²) in [6, 6.07) is 1.32. The number of carbonyl (C=O) groups is 2. The van der Waals surface area contributed by atoms with E-state index in [4.69, 9.17) is 10.4 Å². The van der Waals surface area contributed by atoms with Gasteiger partial charge in [0, 0.05) is 18.9 Å². The SMILES string of the molecule is CC(C)CC(NC(=O)C1CCN(CCC#N)CC1)C(=O)O. The van der Waals surface area contributed by atoms with Crippen LogP contribution in [0.25, 0.3) is 0 Å². The predicted octanol–water partition coefficient (Wildman–Crippen LogP) is 1.23. The Kier molecular flexibility index (Phi) is 7.17. The molecule has 118 valence electrons. The van der Waals surface area contributed by atoms with Crippen molar-refractivity contribution >= 4 is 11.9 Å². The Bertz CT molecular complexity index is 395. The number of carbonyl (C=O) groups excluding carboxylic acids is 1. The largest absolute Gasteiger partial charge is 0.480 e. The highest BCUT2D eigenvalue weighted by atomic mass is 16.4. The molecule has 2 N–H and O–H groups in total. The van der Waals surface area contributed by atoms with Crippen LogP contribution in [0.4, 0.5) is 0 Å². The zero-order chi connectivity index (χ0) is 15.8. The summed E-state index contributed by atoms with van der Waals surface area (Å²) >= 11 is 0. The molecule has 1 aliphatic heterocycles. The molecule has 1 rings (SSSR count). The number of hydrogen-bond donors (Lipinski definition) is 2. The molecule has 1 heterocycles. The van der Waals surface area contributed by atoms with Crippen molar-refractivity contribution in [3.63, 3.8) is 0 Å². The van der Waals surface area contributed by atoms with E-state index in [1.54, 1.807) is 0 Å². The summed E-state index contributed by atoms with van der Waals surface area (Å²) in [6.07, 6.45) is 2.41. The highest BCUT2D eigenvalue weighted by Gasteiger charge is 2.28. The maximum Gasteiger partial charge on any atom is 0.326 e. The van der Waals surface area contributed by atoms with Gasteiger partial charge < -0.3 is 15.3 Å². The highest BCUT2D eigenvalue weighted by molar-refractivity contribution is 5.85. The van der Waals surface area contributed by atoms with Crippen LogP contribution in [0, 0.1) is 23.2 Å². The molecule has 0 bridgehead atoms. The van der Waals surface area contributed by atoms with Gasteiger partial charge in [-0.3, -0.25) is 4.79 Å². The molecule has 1 atom stereocenters. The van der Waals surface area contributed by atoms with Crippen LogP contribution in [0.5, 0.6) is 0 Å². The van der Waals surface area contributed by atoms with Crippen molar-refractivity contribution in [2.24, 2.45) is 11.8 Å². The van der Waals surface area contributed by atoms with E-state index in [-0.39, 0.29) is 17.7 Å². The van der Waals surface area contributed by atoms with E-state index in [9.17, 15) is 9.59 Å². The molecular weight excluding hydrogens is 270 g/mol. The Balaban J connectivity index is 2.42. The first-order valence-corrected chi connectivity index (χ1v) is 7.56. The highest BCUT2D eigenvalue weighted by Crippen LogP contribution is 2.18. The molecule has 0 aliphatic carbocycles. The summed E-state index contributed by atoms with van der Waals surface area (Å²) < 4.78 is 0. The lowest BCUT2D eigenvalue weighted by Gasteiger charge is -2.31. The third-order valence-corrected chi connectivity index (χ3v) is 3.82. The first kappa shape index (κ1) is 17.4. The number of likely N-dealkylation sites (tertiary alicyclic amines) is 1. The number of hydrogen-bond acceptors (Lipinski definition) is 4. The summed E-state index contributed by atoms with van der Waals surface area (Å²) in [5.74, 6) is -1.01. The predicted molar refractivity (Wildman–Crippen MR) is 78.4 cm³/mol. The minimum absolute atomic E-state index is 0.114. The fraction of sp³-hybridized carbons (Fsp3) is 0.800. The Labute approximate surface area is 126 Å². The number of nitriles is 1. The summed E-state index contributed by atoms with van der Waals surface area (Å²) in [5, 5.41) is 20.4. The van der Waals surface area contributed by atoms with Crippen molar-refractivity contribution in [1.29, 1.82) is 5.26 Å². The fourth-order valence-electron chi connectivity index (χ4n) is 2.61. The molecule has 1 amide bonds. The van der Waals surface area contributed by atoms with Crippen LogP contribution in [0.3, 0.4) is 0 Å². The zero-order valence-corrected chi connectivity index (χ0v) is 12.8. The fourth-order valence-corrected chi connectivity index (χ4v) is 2.61. The topological polar surface area (TPSA) is 93.4 Å². The van der Waals surface area contributed by atoms with Crippen LogP contribution in [0.15, 0.2) is 0 Å². The number of aliphatic carboxylic acids is 1. The van der Waals surface area contributed by atoms with Crippen molar-refractivity contribution in [1.82, 2.24) is 10.2 Å². The molecule has 6 heteroatoms. The Morgan fingerprint density at radius 2 is 2.00 bits per heavy atom. The molecule has 21 heavy (non-hydrogen) atoms. The van der Waals surface area contributed by atoms with E-state index in [1.165, 1.54) is 0 Å². The monoisotopic (exact) mass is 295 g/mol. The van der Waals surface area contributed by atoms with E-state index >= 15 is 0 Å². The molecule has 1 aliphatic rings. The lowest BCUT2D eigenvalue weighted by atomic mass is 9.94. The van der Waals surface area contributed by atoms with Crippen molar-refractivity contribution in [2.75, 3.05) is 19.6 Å². The maximum absolute atomic E-state index is 12.2. The van der Waals surface area contributed by atoms with Crippen LogP contribution >= 0.6 is 0 Å². The van der Waals surface area contributed by atoms with Gasteiger partial charge in [0.05, 0.1) is 6.07 Å². The van der Waals surface area contributed by atoms with Gasteiger partial charge in [0.1, 0.15) is 6.04 Å². The Morgan fingerprint density at radius 3 is 2.48 bits per heavy atom. The first-order chi connectivity index (χ1) is 9.93. The van der Waals surface area contributed by atoms with E-state index in [0.717, 1.165) is 32.5 Å². The lowest BCUT2D eigenvalue weighted by molar-refractivity contribution is -0.143. The number of rotatable bonds is 7. The number of amides is 1. The molecule has 0 saturated carbocycles. The van der Waals surface area contributed by atoms with Gasteiger partial charge in [-0.2, -0.15) is 5.26 Å². The van der Waals surface area contributed by atoms with Crippen LogP contribution in [-0.4, -0.2) is 47.6 Å². The molecule has 0 radical (unpaired) electrons. The minimum atomic E-state index is -0.969. The Hall–Kier alpha value is -1.61. The molecule has 1 saturated heterocycles. The van der Waals surface area contributed by atoms with Crippen LogP contribution < -0.4 is 5.32 Å². The van der Waals surface area contributed by atoms with E-state index in [1.807, 2.05) is 13.8 Å². The second-order valence-electron chi connectivity index (χ2n) is 6.05. The standard InChI is InChI=1S/C15H25N3O3/c1-11(2)10-13(15(20)21)17-14(19)12-4-8-18(9-5-12)7-3-6-16/h11-13H,3-5,7-10H2,1-2H3,(H,17,19)(H,20,21). The maximum atomic E-state index is 12.2. The van der Waals surface area contributed by atoms with Gasteiger partial charge in [-0.15, -0.1) is 0 Å². The van der Waals surface area contributed by atoms with Gasteiger partial charge in [0.2, 0.25) is 5.91 Å². The van der Waals surface area contributed by atoms with Gasteiger partial charge in [-0.05, 0) is 38.3 Å². The van der Waals surface area contributed by atoms with E-state index in [0.29, 0.717) is 12.8 Å². The smallest absolute Gasteiger partial charge is 0.326 e. The molecule has 1 fully saturated rings. The third-order valence-electron chi connectivity index (χ3n) is 3.82. The quantitative estimate of drug-likeness (QED) is 0.736. The second kappa shape index (κ2) is 8.63. The third kappa shape index (κ3) is 6.13. The average molecular weight is 295 g/mol. The van der Waals surface area contributed by atoms with Crippen molar-refractivity contribution in [3.05, 3.63) is 0 Å². The first-order valence-electron chi connectivity index (χ1n) is 7.56.